The van der Waals surface area contributed by atoms with Crippen molar-refractivity contribution >= 4 is 22.7 Å². The fourth-order valence-electron chi connectivity index (χ4n) is 5.50. The van der Waals surface area contributed by atoms with Gasteiger partial charge in [0.25, 0.3) is 0 Å². The summed E-state index contributed by atoms with van der Waals surface area (Å²) in [7, 11) is 0. The van der Waals surface area contributed by atoms with Gasteiger partial charge in [0.15, 0.2) is 0 Å². The minimum Gasteiger partial charge on any atom is -0.426 e. The molecule has 2 aromatic carbocycles. The van der Waals surface area contributed by atoms with Crippen molar-refractivity contribution in [3.63, 3.8) is 0 Å². The molecule has 0 bridgehead atoms. The van der Waals surface area contributed by atoms with Crippen molar-refractivity contribution in [1.82, 2.24) is 0 Å². The van der Waals surface area contributed by atoms with E-state index in [-0.39, 0.29) is 11.9 Å². The zero-order valence-corrected chi connectivity index (χ0v) is 27.2. The van der Waals surface area contributed by atoms with Crippen molar-refractivity contribution in [3.8, 4) is 11.5 Å². The van der Waals surface area contributed by atoms with E-state index in [1.807, 2.05) is 31.2 Å². The summed E-state index contributed by atoms with van der Waals surface area (Å²) >= 11 is 0. The molecule has 0 N–H and O–H groups in total. The Morgan fingerprint density at radius 1 is 0.756 bits per heavy atom. The largest absolute Gasteiger partial charge is 0.426 e. The molecule has 4 nitrogen and oxygen atoms in total. The Morgan fingerprint density at radius 2 is 1.24 bits per heavy atom. The second-order valence-electron chi connectivity index (χ2n) is 12.6. The number of fused-ring (bicyclic) bond motifs is 1. The van der Waals surface area contributed by atoms with Gasteiger partial charge < -0.3 is 9.47 Å². The zero-order chi connectivity index (χ0) is 30.4. The fraction of sp³-hybridized carbons (Fsp3) is 0.622. The quantitative estimate of drug-likeness (QED) is 0.103. The Hall–Kier alpha value is -2.62. The summed E-state index contributed by atoms with van der Waals surface area (Å²) in [5.41, 5.74) is 3.09. The summed E-state index contributed by atoms with van der Waals surface area (Å²) < 4.78 is 11.7. The lowest BCUT2D eigenvalue weighted by molar-refractivity contribution is -0.135. The van der Waals surface area contributed by atoms with Crippen LogP contribution in [0, 0.1) is 24.7 Å². The van der Waals surface area contributed by atoms with E-state index >= 15 is 0 Å². The molecule has 0 aliphatic rings. The normalized spacial score (nSPS) is 13.4. The van der Waals surface area contributed by atoms with Crippen LogP contribution in [0.15, 0.2) is 35.9 Å². The van der Waals surface area contributed by atoms with Gasteiger partial charge in [-0.1, -0.05) is 122 Å². The monoisotopic (exact) mass is 564 g/mol. The molecule has 4 heteroatoms. The smallest absolute Gasteiger partial charge is 0.310 e. The first kappa shape index (κ1) is 34.6. The maximum absolute atomic E-state index is 12.4. The Balaban J connectivity index is 2.05. The highest BCUT2D eigenvalue weighted by molar-refractivity contribution is 5.98. The summed E-state index contributed by atoms with van der Waals surface area (Å²) in [6.07, 6.45) is 15.0. The predicted molar refractivity (Wildman–Crippen MR) is 173 cm³/mol. The molecular weight excluding hydrogens is 508 g/mol. The maximum Gasteiger partial charge on any atom is 0.310 e. The molecule has 0 aliphatic carbocycles. The SMILES string of the molecule is CCC(=O)Oc1c(C)c(C/C=C(\C)CCC[C@H](C)CCC[C@H](C)CCCC(C)C)c(OC(=O)CC)c2ccccc12. The molecule has 0 aliphatic heterocycles. The number of allylic oxidation sites excluding steroid dienone is 2. The number of rotatable bonds is 18. The van der Waals surface area contributed by atoms with E-state index < -0.39 is 0 Å². The maximum atomic E-state index is 12.4. The van der Waals surface area contributed by atoms with Crippen LogP contribution in [0.3, 0.4) is 0 Å². The minimum atomic E-state index is -0.274. The molecule has 2 rings (SSSR count). The zero-order valence-electron chi connectivity index (χ0n) is 27.2. The summed E-state index contributed by atoms with van der Waals surface area (Å²) in [6.45, 7) is 17.2. The first-order chi connectivity index (χ1) is 19.6. The van der Waals surface area contributed by atoms with E-state index in [0.717, 1.165) is 46.1 Å². The number of carbonyl (C=O) groups is 2. The molecule has 41 heavy (non-hydrogen) atoms. The number of hydrogen-bond acceptors (Lipinski definition) is 4. The molecule has 2 atom stereocenters. The highest BCUT2D eigenvalue weighted by Gasteiger charge is 2.21. The topological polar surface area (TPSA) is 52.6 Å². The molecule has 0 saturated carbocycles. The third kappa shape index (κ3) is 11.6. The van der Waals surface area contributed by atoms with E-state index in [1.54, 1.807) is 13.8 Å². The molecule has 0 spiro atoms. The van der Waals surface area contributed by atoms with Gasteiger partial charge in [-0.05, 0) is 56.4 Å². The van der Waals surface area contributed by atoms with Gasteiger partial charge in [-0.3, -0.25) is 9.59 Å². The third-order valence-electron chi connectivity index (χ3n) is 8.29. The second-order valence-corrected chi connectivity index (χ2v) is 12.6. The van der Waals surface area contributed by atoms with Crippen molar-refractivity contribution in [3.05, 3.63) is 47.0 Å². The van der Waals surface area contributed by atoms with Crippen LogP contribution in [0.25, 0.3) is 10.8 Å². The summed E-state index contributed by atoms with van der Waals surface area (Å²) in [6, 6.07) is 7.69. The molecule has 0 unspecified atom stereocenters. The number of benzene rings is 2. The molecule has 0 fully saturated rings. The second kappa shape index (κ2) is 18.0. The van der Waals surface area contributed by atoms with Gasteiger partial charge in [-0.25, -0.2) is 0 Å². The first-order valence-corrected chi connectivity index (χ1v) is 16.2. The molecule has 0 aromatic heterocycles. The summed E-state index contributed by atoms with van der Waals surface area (Å²) in [5, 5.41) is 1.58. The Morgan fingerprint density at radius 3 is 1.78 bits per heavy atom. The van der Waals surface area contributed by atoms with E-state index in [2.05, 4.69) is 40.7 Å². The van der Waals surface area contributed by atoms with Gasteiger partial charge in [0.05, 0.1) is 0 Å². The van der Waals surface area contributed by atoms with E-state index in [1.165, 1.54) is 56.9 Å². The highest BCUT2D eigenvalue weighted by Crippen LogP contribution is 2.41. The van der Waals surface area contributed by atoms with Gasteiger partial charge in [-0.15, -0.1) is 0 Å². The Labute approximate surface area is 250 Å². The van der Waals surface area contributed by atoms with Gasteiger partial charge in [0.1, 0.15) is 11.5 Å². The number of carbonyl (C=O) groups excluding carboxylic acids is 2. The fourth-order valence-corrected chi connectivity index (χ4v) is 5.50. The Bertz CT molecular complexity index is 1140. The van der Waals surface area contributed by atoms with Crippen molar-refractivity contribution in [2.24, 2.45) is 17.8 Å². The lowest BCUT2D eigenvalue weighted by atomic mass is 9.91. The molecule has 0 heterocycles. The van der Waals surface area contributed by atoms with Crippen LogP contribution < -0.4 is 9.47 Å². The lowest BCUT2D eigenvalue weighted by Crippen LogP contribution is -2.12. The molecule has 2 aromatic rings. The van der Waals surface area contributed by atoms with Crippen LogP contribution >= 0.6 is 0 Å². The third-order valence-corrected chi connectivity index (χ3v) is 8.29. The van der Waals surface area contributed by atoms with Crippen LogP contribution in [0.4, 0.5) is 0 Å². The molecule has 0 radical (unpaired) electrons. The summed E-state index contributed by atoms with van der Waals surface area (Å²) in [4.78, 5) is 24.7. The van der Waals surface area contributed by atoms with Crippen molar-refractivity contribution in [2.45, 2.75) is 132 Å². The Kier molecular flexibility index (Phi) is 15.2. The van der Waals surface area contributed by atoms with Crippen LogP contribution in [0.2, 0.25) is 0 Å². The standard InChI is InChI=1S/C37H56O4/c1-9-34(38)40-36-30(8)31(37(41-35(39)10-2)33-23-12-11-22-32(33)36)25-24-29(7)21-15-20-28(6)19-14-18-27(5)17-13-16-26(3)4/h11-12,22-24,26-28H,9-10,13-21,25H2,1-8H3/b29-24+/t27-,28-/m1/s1. The van der Waals surface area contributed by atoms with Crippen molar-refractivity contribution < 1.29 is 19.1 Å². The van der Waals surface area contributed by atoms with Gasteiger partial charge >= 0.3 is 11.9 Å². The average molecular weight is 565 g/mol. The number of ether oxygens (including phenoxy) is 2. The van der Waals surface area contributed by atoms with Crippen molar-refractivity contribution in [2.75, 3.05) is 0 Å². The molecule has 228 valence electrons. The number of hydrogen-bond donors (Lipinski definition) is 0. The predicted octanol–water partition coefficient (Wildman–Crippen LogP) is 10.7. The van der Waals surface area contributed by atoms with Crippen LogP contribution in [0.5, 0.6) is 11.5 Å². The highest BCUT2D eigenvalue weighted by atomic mass is 16.5. The van der Waals surface area contributed by atoms with E-state index in [4.69, 9.17) is 9.47 Å². The molecule has 0 saturated heterocycles. The van der Waals surface area contributed by atoms with Gasteiger partial charge in [0, 0.05) is 29.2 Å². The molecular formula is C37H56O4. The van der Waals surface area contributed by atoms with Gasteiger partial charge in [-0.2, -0.15) is 0 Å². The summed E-state index contributed by atoms with van der Waals surface area (Å²) in [5.74, 6) is 3.02. The van der Waals surface area contributed by atoms with Crippen LogP contribution in [0.1, 0.15) is 130 Å². The lowest BCUT2D eigenvalue weighted by Gasteiger charge is -2.19. The number of esters is 2. The average Bonchev–Trinajstić information content (AvgIpc) is 2.94. The van der Waals surface area contributed by atoms with E-state index in [9.17, 15) is 9.59 Å². The molecule has 0 amide bonds. The van der Waals surface area contributed by atoms with Gasteiger partial charge in [0.2, 0.25) is 0 Å². The van der Waals surface area contributed by atoms with Crippen LogP contribution in [-0.2, 0) is 16.0 Å². The van der Waals surface area contributed by atoms with E-state index in [0.29, 0.717) is 30.8 Å². The minimum absolute atomic E-state index is 0.270. The first-order valence-electron chi connectivity index (χ1n) is 16.2. The van der Waals surface area contributed by atoms with Crippen LogP contribution in [-0.4, -0.2) is 11.9 Å². The van der Waals surface area contributed by atoms with Crippen molar-refractivity contribution in [1.29, 1.82) is 0 Å².